The standard InChI is InChI=1S/C18H26ClFN4O2/c1-7-10(2)14(11(3)22-17(25)26-18(4,5)6)23-16-13(20)8-12(9-21)15(19)24-16/h8,10-11,14H,7H2,1-6H3,(H,22,25)(H,23,24)/t10?,11-,14+/m0/s1. The van der Waals surface area contributed by atoms with Gasteiger partial charge in [-0.1, -0.05) is 31.9 Å². The van der Waals surface area contributed by atoms with Crippen molar-refractivity contribution < 1.29 is 13.9 Å². The van der Waals surface area contributed by atoms with E-state index in [0.29, 0.717) is 0 Å². The van der Waals surface area contributed by atoms with E-state index in [9.17, 15) is 9.18 Å². The molecule has 2 N–H and O–H groups in total. The second kappa shape index (κ2) is 9.04. The zero-order valence-corrected chi connectivity index (χ0v) is 16.7. The van der Waals surface area contributed by atoms with Crippen molar-refractivity contribution in [3.05, 3.63) is 22.6 Å². The molecule has 0 saturated heterocycles. The molecule has 1 unspecified atom stereocenters. The summed E-state index contributed by atoms with van der Waals surface area (Å²) in [5, 5.41) is 14.6. The van der Waals surface area contributed by atoms with Gasteiger partial charge in [0.25, 0.3) is 0 Å². The summed E-state index contributed by atoms with van der Waals surface area (Å²) >= 11 is 5.90. The summed E-state index contributed by atoms with van der Waals surface area (Å²) in [4.78, 5) is 16.0. The lowest BCUT2D eigenvalue weighted by Crippen LogP contribution is -2.49. The van der Waals surface area contributed by atoms with Crippen LogP contribution in [0.1, 0.15) is 53.5 Å². The number of hydrogen-bond acceptors (Lipinski definition) is 5. The number of pyridine rings is 1. The average molecular weight is 385 g/mol. The molecule has 0 radical (unpaired) electrons. The monoisotopic (exact) mass is 384 g/mol. The summed E-state index contributed by atoms with van der Waals surface area (Å²) in [6.07, 6.45) is 0.246. The highest BCUT2D eigenvalue weighted by atomic mass is 35.5. The van der Waals surface area contributed by atoms with E-state index in [1.54, 1.807) is 33.8 Å². The minimum Gasteiger partial charge on any atom is -0.444 e. The lowest BCUT2D eigenvalue weighted by molar-refractivity contribution is 0.0498. The molecule has 3 atom stereocenters. The van der Waals surface area contributed by atoms with Gasteiger partial charge in [-0.25, -0.2) is 14.2 Å². The molecule has 0 aliphatic rings. The van der Waals surface area contributed by atoms with E-state index in [4.69, 9.17) is 21.6 Å². The zero-order chi connectivity index (χ0) is 20.1. The van der Waals surface area contributed by atoms with E-state index < -0.39 is 17.5 Å². The first-order chi connectivity index (χ1) is 12.0. The van der Waals surface area contributed by atoms with Gasteiger partial charge in [0.05, 0.1) is 11.6 Å². The van der Waals surface area contributed by atoms with Gasteiger partial charge in [-0.2, -0.15) is 5.26 Å². The summed E-state index contributed by atoms with van der Waals surface area (Å²) in [5.74, 6) is -0.642. The molecule has 0 fully saturated rings. The van der Waals surface area contributed by atoms with Gasteiger partial charge in [0.2, 0.25) is 0 Å². The van der Waals surface area contributed by atoms with Crippen LogP contribution in [0.5, 0.6) is 0 Å². The van der Waals surface area contributed by atoms with Gasteiger partial charge in [-0.3, -0.25) is 0 Å². The van der Waals surface area contributed by atoms with Crippen molar-refractivity contribution in [3.8, 4) is 6.07 Å². The fourth-order valence-corrected chi connectivity index (χ4v) is 2.58. The maximum absolute atomic E-state index is 14.2. The van der Waals surface area contributed by atoms with Crippen LogP contribution in [0.4, 0.5) is 15.0 Å². The van der Waals surface area contributed by atoms with Crippen molar-refractivity contribution in [2.75, 3.05) is 5.32 Å². The second-order valence-electron chi connectivity index (χ2n) is 7.26. The molecule has 1 aromatic heterocycles. The van der Waals surface area contributed by atoms with Gasteiger partial charge in [0, 0.05) is 6.04 Å². The van der Waals surface area contributed by atoms with E-state index in [2.05, 4.69) is 15.6 Å². The Bertz CT molecular complexity index is 685. The van der Waals surface area contributed by atoms with Crippen molar-refractivity contribution in [2.24, 2.45) is 5.92 Å². The molecule has 144 valence electrons. The highest BCUT2D eigenvalue weighted by Crippen LogP contribution is 2.23. The van der Waals surface area contributed by atoms with Crippen LogP contribution in [0.25, 0.3) is 0 Å². The number of aromatic nitrogens is 1. The number of nitrogens with zero attached hydrogens (tertiary/aromatic N) is 2. The number of ether oxygens (including phenoxy) is 1. The maximum atomic E-state index is 14.2. The molecule has 0 saturated carbocycles. The van der Waals surface area contributed by atoms with E-state index in [1.165, 1.54) is 0 Å². The third-order valence-corrected chi connectivity index (χ3v) is 4.18. The molecule has 1 heterocycles. The lowest BCUT2D eigenvalue weighted by atomic mass is 9.93. The van der Waals surface area contributed by atoms with E-state index in [0.717, 1.165) is 12.5 Å². The number of nitriles is 1. The van der Waals surface area contributed by atoms with Crippen LogP contribution in [-0.4, -0.2) is 28.8 Å². The number of amides is 1. The zero-order valence-electron chi connectivity index (χ0n) is 16.0. The van der Waals surface area contributed by atoms with Crippen LogP contribution >= 0.6 is 11.6 Å². The number of alkyl carbamates (subject to hydrolysis) is 1. The molecule has 0 aliphatic heterocycles. The number of carbonyl (C=O) groups excluding carboxylic acids is 1. The van der Waals surface area contributed by atoms with Gasteiger partial charge >= 0.3 is 6.09 Å². The largest absolute Gasteiger partial charge is 0.444 e. The van der Waals surface area contributed by atoms with Crippen molar-refractivity contribution in [1.29, 1.82) is 5.26 Å². The van der Waals surface area contributed by atoms with Crippen LogP contribution in [-0.2, 0) is 4.74 Å². The fraction of sp³-hybridized carbons (Fsp3) is 0.611. The Morgan fingerprint density at radius 3 is 2.58 bits per heavy atom. The Balaban J connectivity index is 3.00. The van der Waals surface area contributed by atoms with Crippen LogP contribution in [0, 0.1) is 23.1 Å². The molecule has 6 nitrogen and oxygen atoms in total. The lowest BCUT2D eigenvalue weighted by Gasteiger charge is -2.32. The highest BCUT2D eigenvalue weighted by molar-refractivity contribution is 6.30. The molecule has 1 aromatic rings. The molecule has 8 heteroatoms. The number of anilines is 1. The number of carbonyl (C=O) groups is 1. The molecular formula is C18H26ClFN4O2. The number of rotatable bonds is 6. The van der Waals surface area contributed by atoms with Gasteiger partial charge in [-0.05, 0) is 39.7 Å². The molecule has 26 heavy (non-hydrogen) atoms. The Morgan fingerprint density at radius 2 is 2.08 bits per heavy atom. The van der Waals surface area contributed by atoms with Gasteiger partial charge in [0.1, 0.15) is 16.8 Å². The van der Waals surface area contributed by atoms with Crippen LogP contribution in [0.2, 0.25) is 5.15 Å². The van der Waals surface area contributed by atoms with Crippen molar-refractivity contribution in [3.63, 3.8) is 0 Å². The third kappa shape index (κ3) is 6.34. The number of halogens is 2. The molecule has 0 aromatic carbocycles. The quantitative estimate of drug-likeness (QED) is 0.706. The third-order valence-electron chi connectivity index (χ3n) is 3.89. The second-order valence-corrected chi connectivity index (χ2v) is 7.62. The molecule has 0 spiro atoms. The van der Waals surface area contributed by atoms with Gasteiger partial charge in [0.15, 0.2) is 11.6 Å². The van der Waals surface area contributed by atoms with Crippen LogP contribution in [0.15, 0.2) is 6.07 Å². The number of hydrogen-bond donors (Lipinski definition) is 2. The minimum atomic E-state index is -0.677. The molecule has 0 bridgehead atoms. The minimum absolute atomic E-state index is 0.0327. The Morgan fingerprint density at radius 1 is 1.46 bits per heavy atom. The van der Waals surface area contributed by atoms with Crippen molar-refractivity contribution in [2.45, 2.75) is 65.6 Å². The molecule has 1 amide bonds. The Labute approximate surface area is 159 Å². The van der Waals surface area contributed by atoms with Crippen LogP contribution in [0.3, 0.4) is 0 Å². The smallest absolute Gasteiger partial charge is 0.407 e. The molecular weight excluding hydrogens is 359 g/mol. The van der Waals surface area contributed by atoms with Gasteiger partial charge in [-0.15, -0.1) is 0 Å². The van der Waals surface area contributed by atoms with Crippen molar-refractivity contribution in [1.82, 2.24) is 10.3 Å². The summed E-state index contributed by atoms with van der Waals surface area (Å²) in [5.41, 5.74) is -0.646. The summed E-state index contributed by atoms with van der Waals surface area (Å²) in [6, 6.07) is 2.14. The Kier molecular flexibility index (Phi) is 7.64. The van der Waals surface area contributed by atoms with Gasteiger partial charge < -0.3 is 15.4 Å². The summed E-state index contributed by atoms with van der Waals surface area (Å²) in [6.45, 7) is 11.1. The van der Waals surface area contributed by atoms with E-state index in [-0.39, 0.29) is 34.5 Å². The molecule has 1 rings (SSSR count). The predicted octanol–water partition coefficient (Wildman–Crippen LogP) is 4.49. The SMILES string of the molecule is CCC(C)[C@@H](Nc1nc(Cl)c(C#N)cc1F)[C@H](C)NC(=O)OC(C)(C)C. The Hall–Kier alpha value is -2.07. The van der Waals surface area contributed by atoms with Crippen molar-refractivity contribution >= 4 is 23.5 Å². The first-order valence-electron chi connectivity index (χ1n) is 8.50. The maximum Gasteiger partial charge on any atom is 0.407 e. The van der Waals surface area contributed by atoms with E-state index in [1.807, 2.05) is 13.8 Å². The number of nitrogens with one attached hydrogen (secondary N) is 2. The average Bonchev–Trinajstić information content (AvgIpc) is 2.52. The first kappa shape index (κ1) is 22.0. The topological polar surface area (TPSA) is 87.0 Å². The van der Waals surface area contributed by atoms with Crippen LogP contribution < -0.4 is 10.6 Å². The first-order valence-corrected chi connectivity index (χ1v) is 8.88. The van der Waals surface area contributed by atoms with E-state index >= 15 is 0 Å². The molecule has 0 aliphatic carbocycles. The fourth-order valence-electron chi connectivity index (χ4n) is 2.40. The summed E-state index contributed by atoms with van der Waals surface area (Å²) in [7, 11) is 0. The predicted molar refractivity (Wildman–Crippen MR) is 99.6 cm³/mol. The normalized spacial score (nSPS) is 14.7. The summed E-state index contributed by atoms with van der Waals surface area (Å²) < 4.78 is 19.5. The highest BCUT2D eigenvalue weighted by Gasteiger charge is 2.27.